The number of aryl methyl sites for hydroxylation is 1. The van der Waals surface area contributed by atoms with Crippen molar-refractivity contribution in [1.29, 1.82) is 0 Å². The summed E-state index contributed by atoms with van der Waals surface area (Å²) in [6.07, 6.45) is 8.65. The van der Waals surface area contributed by atoms with Crippen LogP contribution in [0.5, 0.6) is 5.75 Å². The van der Waals surface area contributed by atoms with Crippen molar-refractivity contribution in [2.24, 2.45) is 13.0 Å². The Bertz CT molecular complexity index is 1590. The van der Waals surface area contributed by atoms with Crippen LogP contribution in [0.15, 0.2) is 67.1 Å². The van der Waals surface area contributed by atoms with Gasteiger partial charge in [0.05, 0.1) is 7.11 Å². The minimum atomic E-state index is 0.218. The number of rotatable bonds is 7. The molecule has 0 aliphatic heterocycles. The van der Waals surface area contributed by atoms with Gasteiger partial charge in [-0.15, -0.1) is 5.10 Å². The van der Waals surface area contributed by atoms with E-state index in [1.165, 1.54) is 0 Å². The summed E-state index contributed by atoms with van der Waals surface area (Å²) in [6.45, 7) is 2.30. The van der Waals surface area contributed by atoms with Crippen molar-refractivity contribution in [3.05, 3.63) is 72.7 Å². The third-order valence-corrected chi connectivity index (χ3v) is 7.65. The molecule has 0 spiro atoms. The molecule has 2 atom stereocenters. The Morgan fingerprint density at radius 1 is 1.08 bits per heavy atom. The predicted molar refractivity (Wildman–Crippen MR) is 149 cm³/mol. The highest BCUT2D eigenvalue weighted by atomic mass is 16.5. The standard InChI is InChI=1S/C30H32N6O2/c1-19-23(10-7-11-25(19)38-3)24-17-36-27(26(24)21-8-5-4-6-9-21)28(32-22-13-12-20(16-22)18-37)33-29(34-36)30-31-14-15-35(30)2/h4-11,14-15,17,20,22,37H,12-13,16,18H2,1-3H3,(H,32,33,34)/t20-,22-/m1/s1. The van der Waals surface area contributed by atoms with E-state index in [2.05, 4.69) is 53.8 Å². The molecule has 1 aliphatic rings. The third-order valence-electron chi connectivity index (χ3n) is 7.65. The third kappa shape index (κ3) is 4.20. The van der Waals surface area contributed by atoms with Gasteiger partial charge in [-0.1, -0.05) is 42.5 Å². The molecular formula is C30H32N6O2. The zero-order chi connectivity index (χ0) is 26.2. The van der Waals surface area contributed by atoms with E-state index in [0.717, 1.165) is 64.2 Å². The van der Waals surface area contributed by atoms with E-state index in [1.54, 1.807) is 13.3 Å². The molecule has 2 aromatic carbocycles. The van der Waals surface area contributed by atoms with Gasteiger partial charge in [-0.25, -0.2) is 14.5 Å². The number of hydrogen-bond donors (Lipinski definition) is 2. The highest BCUT2D eigenvalue weighted by Gasteiger charge is 2.28. The van der Waals surface area contributed by atoms with Gasteiger partial charge < -0.3 is 19.7 Å². The van der Waals surface area contributed by atoms with Crippen LogP contribution in [0.1, 0.15) is 24.8 Å². The normalized spacial score (nSPS) is 17.3. The number of methoxy groups -OCH3 is 1. The number of aromatic nitrogens is 5. The van der Waals surface area contributed by atoms with Crippen molar-refractivity contribution >= 4 is 11.3 Å². The van der Waals surface area contributed by atoms with Gasteiger partial charge >= 0.3 is 0 Å². The smallest absolute Gasteiger partial charge is 0.218 e. The second-order valence-electron chi connectivity index (χ2n) is 10.1. The monoisotopic (exact) mass is 508 g/mol. The van der Waals surface area contributed by atoms with E-state index in [1.807, 2.05) is 40.5 Å². The maximum Gasteiger partial charge on any atom is 0.218 e. The highest BCUT2D eigenvalue weighted by molar-refractivity contribution is 5.99. The fourth-order valence-corrected chi connectivity index (χ4v) is 5.65. The molecule has 0 bridgehead atoms. The second-order valence-corrected chi connectivity index (χ2v) is 10.1. The van der Waals surface area contributed by atoms with Crippen molar-refractivity contribution in [2.45, 2.75) is 32.2 Å². The van der Waals surface area contributed by atoms with Gasteiger partial charge in [0.25, 0.3) is 0 Å². The van der Waals surface area contributed by atoms with Crippen LogP contribution in [0.4, 0.5) is 5.82 Å². The van der Waals surface area contributed by atoms with E-state index in [4.69, 9.17) is 14.8 Å². The molecule has 1 fully saturated rings. The number of hydrogen-bond acceptors (Lipinski definition) is 6. The van der Waals surface area contributed by atoms with Crippen LogP contribution >= 0.6 is 0 Å². The van der Waals surface area contributed by atoms with Gasteiger partial charge in [-0.05, 0) is 54.9 Å². The number of aliphatic hydroxyl groups is 1. The SMILES string of the molecule is COc1cccc(-c2cn3nc(-c4nccn4C)nc(N[C@@H]4CC[C@@H](CO)C4)c3c2-c2ccccc2)c1C. The lowest BCUT2D eigenvalue weighted by Crippen LogP contribution is -2.19. The van der Waals surface area contributed by atoms with E-state index in [9.17, 15) is 5.11 Å². The van der Waals surface area contributed by atoms with Crippen molar-refractivity contribution in [2.75, 3.05) is 19.0 Å². The molecule has 194 valence electrons. The Balaban J connectivity index is 1.63. The maximum atomic E-state index is 9.73. The maximum absolute atomic E-state index is 9.73. The number of aliphatic hydroxyl groups excluding tert-OH is 1. The Kier molecular flexibility index (Phi) is 6.33. The summed E-state index contributed by atoms with van der Waals surface area (Å²) in [5.74, 6) is 3.18. The number of ether oxygens (including phenoxy) is 1. The second kappa shape index (κ2) is 9.95. The lowest BCUT2D eigenvalue weighted by Gasteiger charge is -2.17. The molecule has 0 saturated heterocycles. The van der Waals surface area contributed by atoms with Crippen LogP contribution in [0.2, 0.25) is 0 Å². The summed E-state index contributed by atoms with van der Waals surface area (Å²) in [7, 11) is 3.65. The Labute approximate surface area is 222 Å². The first-order valence-corrected chi connectivity index (χ1v) is 13.0. The average molecular weight is 509 g/mol. The van der Waals surface area contributed by atoms with Crippen LogP contribution < -0.4 is 10.1 Å². The Hall–Kier alpha value is -4.17. The number of anilines is 1. The zero-order valence-corrected chi connectivity index (χ0v) is 21.9. The van der Waals surface area contributed by atoms with Gasteiger partial charge in [0, 0.05) is 49.4 Å². The quantitative estimate of drug-likeness (QED) is 0.308. The molecule has 38 heavy (non-hydrogen) atoms. The van der Waals surface area contributed by atoms with Crippen LogP contribution in [0.3, 0.4) is 0 Å². The Morgan fingerprint density at radius 3 is 2.63 bits per heavy atom. The molecule has 3 heterocycles. The minimum Gasteiger partial charge on any atom is -0.496 e. The van der Waals surface area contributed by atoms with Crippen molar-refractivity contribution in [1.82, 2.24) is 24.1 Å². The molecule has 8 nitrogen and oxygen atoms in total. The Morgan fingerprint density at radius 2 is 1.92 bits per heavy atom. The highest BCUT2D eigenvalue weighted by Crippen LogP contribution is 2.42. The molecule has 1 saturated carbocycles. The summed E-state index contributed by atoms with van der Waals surface area (Å²) in [5, 5.41) is 18.4. The largest absolute Gasteiger partial charge is 0.496 e. The molecule has 0 amide bonds. The van der Waals surface area contributed by atoms with Crippen molar-refractivity contribution < 1.29 is 9.84 Å². The van der Waals surface area contributed by atoms with Gasteiger partial charge in [-0.2, -0.15) is 0 Å². The number of benzene rings is 2. The van der Waals surface area contributed by atoms with Crippen molar-refractivity contribution in [3.8, 4) is 39.7 Å². The predicted octanol–water partition coefficient (Wildman–Crippen LogP) is 5.35. The molecular weight excluding hydrogens is 476 g/mol. The van der Waals surface area contributed by atoms with Crippen LogP contribution in [0, 0.1) is 12.8 Å². The van der Waals surface area contributed by atoms with Gasteiger partial charge in [-0.3, -0.25) is 0 Å². The average Bonchev–Trinajstić information content (AvgIpc) is 3.67. The number of nitrogens with one attached hydrogen (secondary N) is 1. The molecule has 0 unspecified atom stereocenters. The van der Waals surface area contributed by atoms with Crippen LogP contribution in [0.25, 0.3) is 39.4 Å². The van der Waals surface area contributed by atoms with E-state index in [-0.39, 0.29) is 12.6 Å². The fraction of sp³-hybridized carbons (Fsp3) is 0.300. The molecule has 8 heteroatoms. The lowest BCUT2D eigenvalue weighted by molar-refractivity contribution is 0.229. The first-order valence-electron chi connectivity index (χ1n) is 13.0. The number of imidazole rings is 1. The molecule has 2 N–H and O–H groups in total. The topological polar surface area (TPSA) is 89.5 Å². The molecule has 6 rings (SSSR count). The van der Waals surface area contributed by atoms with Crippen LogP contribution in [-0.2, 0) is 7.05 Å². The molecule has 5 aromatic rings. The fourth-order valence-electron chi connectivity index (χ4n) is 5.65. The molecule has 3 aromatic heterocycles. The summed E-state index contributed by atoms with van der Waals surface area (Å²) >= 11 is 0. The van der Waals surface area contributed by atoms with E-state index >= 15 is 0 Å². The minimum absolute atomic E-state index is 0.218. The summed E-state index contributed by atoms with van der Waals surface area (Å²) in [6, 6.07) is 16.8. The summed E-state index contributed by atoms with van der Waals surface area (Å²) < 4.78 is 9.53. The van der Waals surface area contributed by atoms with E-state index < -0.39 is 0 Å². The summed E-state index contributed by atoms with van der Waals surface area (Å²) in [4.78, 5) is 9.57. The van der Waals surface area contributed by atoms with Gasteiger partial charge in [0.1, 0.15) is 11.3 Å². The van der Waals surface area contributed by atoms with Crippen LogP contribution in [-0.4, -0.2) is 49.0 Å². The first kappa shape index (κ1) is 24.2. The molecule has 1 aliphatic carbocycles. The first-order chi connectivity index (χ1) is 18.6. The number of nitrogens with zero attached hydrogens (tertiary/aromatic N) is 5. The lowest BCUT2D eigenvalue weighted by atomic mass is 9.94. The van der Waals surface area contributed by atoms with Gasteiger partial charge in [0.15, 0.2) is 11.6 Å². The number of fused-ring (bicyclic) bond motifs is 1. The summed E-state index contributed by atoms with van der Waals surface area (Å²) in [5.41, 5.74) is 6.27. The van der Waals surface area contributed by atoms with Crippen molar-refractivity contribution in [3.63, 3.8) is 0 Å². The van der Waals surface area contributed by atoms with Gasteiger partial charge in [0.2, 0.25) is 5.82 Å². The van der Waals surface area contributed by atoms with E-state index in [0.29, 0.717) is 17.6 Å². The molecule has 0 radical (unpaired) electrons. The zero-order valence-electron chi connectivity index (χ0n) is 21.9.